The summed E-state index contributed by atoms with van der Waals surface area (Å²) in [5.74, 6) is -0.456. The molecular weight excluding hydrogens is 534 g/mol. The van der Waals surface area contributed by atoms with E-state index in [1.54, 1.807) is 41.3 Å². The Morgan fingerprint density at radius 2 is 1.56 bits per heavy atom. The fraction of sp³-hybridized carbons (Fsp3) is 0.333. The topological polar surface area (TPSA) is 86.8 Å². The minimum Gasteiger partial charge on any atom is -0.354 e. The van der Waals surface area contributed by atoms with E-state index >= 15 is 0 Å². The van der Waals surface area contributed by atoms with Crippen LogP contribution in [0.15, 0.2) is 84.9 Å². The van der Waals surface area contributed by atoms with Gasteiger partial charge in [-0.25, -0.2) is 8.42 Å². The van der Waals surface area contributed by atoms with E-state index in [1.165, 1.54) is 4.31 Å². The fourth-order valence-electron chi connectivity index (χ4n) is 4.35. The number of anilines is 1. The highest BCUT2D eigenvalue weighted by atomic mass is 35.5. The lowest BCUT2D eigenvalue weighted by Crippen LogP contribution is -2.50. The van der Waals surface area contributed by atoms with E-state index in [2.05, 4.69) is 5.32 Å². The monoisotopic (exact) mass is 569 g/mol. The molecule has 0 aliphatic heterocycles. The molecule has 2 amide bonds. The predicted molar refractivity (Wildman–Crippen MR) is 157 cm³/mol. The fourth-order valence-corrected chi connectivity index (χ4v) is 5.53. The molecule has 0 saturated heterocycles. The summed E-state index contributed by atoms with van der Waals surface area (Å²) < 4.78 is 26.3. The van der Waals surface area contributed by atoms with Crippen LogP contribution in [0.4, 0.5) is 5.69 Å². The molecule has 208 valence electrons. The molecule has 0 spiro atoms. The number of carbonyl (C=O) groups is 2. The average Bonchev–Trinajstić information content (AvgIpc) is 2.92. The molecule has 1 N–H and O–H groups in total. The Labute approximate surface area is 236 Å². The van der Waals surface area contributed by atoms with Crippen molar-refractivity contribution in [3.8, 4) is 0 Å². The summed E-state index contributed by atoms with van der Waals surface area (Å²) in [5, 5.41) is 3.50. The first kappa shape index (κ1) is 30.2. The number of rotatable bonds is 14. The Morgan fingerprint density at radius 3 is 2.18 bits per heavy atom. The Balaban J connectivity index is 1.86. The van der Waals surface area contributed by atoms with Crippen molar-refractivity contribution in [3.63, 3.8) is 0 Å². The summed E-state index contributed by atoms with van der Waals surface area (Å²) >= 11 is 6.22. The molecule has 3 rings (SSSR count). The second-order valence-electron chi connectivity index (χ2n) is 9.42. The van der Waals surface area contributed by atoms with Crippen LogP contribution in [0, 0.1) is 0 Å². The lowest BCUT2D eigenvalue weighted by Gasteiger charge is -2.32. The molecule has 0 bridgehead atoms. The maximum atomic E-state index is 13.8. The zero-order valence-electron chi connectivity index (χ0n) is 22.4. The smallest absolute Gasteiger partial charge is 0.243 e. The van der Waals surface area contributed by atoms with Crippen LogP contribution in [0.3, 0.4) is 0 Å². The third kappa shape index (κ3) is 9.41. The van der Waals surface area contributed by atoms with Gasteiger partial charge in [-0.3, -0.25) is 13.9 Å². The number of halogens is 1. The van der Waals surface area contributed by atoms with Gasteiger partial charge in [0.2, 0.25) is 21.8 Å². The summed E-state index contributed by atoms with van der Waals surface area (Å²) in [4.78, 5) is 28.7. The predicted octanol–water partition coefficient (Wildman–Crippen LogP) is 5.05. The quantitative estimate of drug-likeness (QED) is 0.294. The van der Waals surface area contributed by atoms with Crippen molar-refractivity contribution in [1.82, 2.24) is 10.2 Å². The van der Waals surface area contributed by atoms with Crippen LogP contribution in [0.1, 0.15) is 37.3 Å². The molecule has 1 atom stereocenters. The van der Waals surface area contributed by atoms with Crippen molar-refractivity contribution in [2.45, 2.75) is 45.2 Å². The van der Waals surface area contributed by atoms with Crippen molar-refractivity contribution in [2.24, 2.45) is 0 Å². The summed E-state index contributed by atoms with van der Waals surface area (Å²) in [7, 11) is -3.54. The first-order valence-corrected chi connectivity index (χ1v) is 15.3. The van der Waals surface area contributed by atoms with Crippen LogP contribution in [0.5, 0.6) is 0 Å². The van der Waals surface area contributed by atoms with Gasteiger partial charge in [-0.05, 0) is 48.2 Å². The normalized spacial score (nSPS) is 12.0. The van der Waals surface area contributed by atoms with Gasteiger partial charge in [-0.15, -0.1) is 0 Å². The van der Waals surface area contributed by atoms with Gasteiger partial charge >= 0.3 is 0 Å². The molecule has 0 saturated carbocycles. The number of hydrogen-bond acceptors (Lipinski definition) is 4. The zero-order valence-corrected chi connectivity index (χ0v) is 24.0. The second-order valence-corrected chi connectivity index (χ2v) is 11.8. The molecule has 0 aromatic heterocycles. The van der Waals surface area contributed by atoms with Gasteiger partial charge in [0, 0.05) is 37.5 Å². The van der Waals surface area contributed by atoms with Gasteiger partial charge in [0.05, 0.1) is 11.9 Å². The maximum absolute atomic E-state index is 13.8. The largest absolute Gasteiger partial charge is 0.354 e. The third-order valence-corrected chi connectivity index (χ3v) is 7.69. The molecule has 9 heteroatoms. The van der Waals surface area contributed by atoms with Crippen molar-refractivity contribution in [2.75, 3.05) is 23.7 Å². The Morgan fingerprint density at radius 1 is 0.923 bits per heavy atom. The lowest BCUT2D eigenvalue weighted by molar-refractivity contribution is -0.141. The van der Waals surface area contributed by atoms with Gasteiger partial charge in [-0.2, -0.15) is 0 Å². The highest BCUT2D eigenvalue weighted by Gasteiger charge is 2.30. The Bertz CT molecular complexity index is 1320. The first-order chi connectivity index (χ1) is 18.7. The number of para-hydroxylation sites is 1. The highest BCUT2D eigenvalue weighted by molar-refractivity contribution is 7.92. The van der Waals surface area contributed by atoms with Gasteiger partial charge in [-0.1, -0.05) is 79.2 Å². The molecule has 3 aromatic carbocycles. The van der Waals surface area contributed by atoms with E-state index in [0.29, 0.717) is 30.1 Å². The summed E-state index contributed by atoms with van der Waals surface area (Å²) in [6.07, 6.45) is 2.64. The number of hydrogen-bond donors (Lipinski definition) is 1. The van der Waals surface area contributed by atoms with E-state index in [4.69, 9.17) is 11.6 Å². The maximum Gasteiger partial charge on any atom is 0.243 e. The molecule has 0 fully saturated rings. The Hall–Kier alpha value is -3.36. The molecule has 39 heavy (non-hydrogen) atoms. The lowest BCUT2D eigenvalue weighted by atomic mass is 10.0. The van der Waals surface area contributed by atoms with E-state index in [1.807, 2.05) is 55.5 Å². The van der Waals surface area contributed by atoms with Crippen LogP contribution in [0.25, 0.3) is 0 Å². The number of nitrogens with zero attached hydrogens (tertiary/aromatic N) is 2. The number of sulfonamides is 1. The third-order valence-electron chi connectivity index (χ3n) is 6.26. The van der Waals surface area contributed by atoms with Gasteiger partial charge in [0.25, 0.3) is 0 Å². The van der Waals surface area contributed by atoms with E-state index in [0.717, 1.165) is 23.8 Å². The SMILES string of the molecule is CCCNC(=O)[C@H](Cc1ccccc1)N(Cc1cccc(Cl)c1)C(=O)CCCN(c1ccccc1)S(C)(=O)=O. The molecule has 0 aliphatic rings. The van der Waals surface area contributed by atoms with Crippen LogP contribution in [-0.2, 0) is 32.6 Å². The molecule has 3 aromatic rings. The highest BCUT2D eigenvalue weighted by Crippen LogP contribution is 2.21. The zero-order chi connectivity index (χ0) is 28.3. The van der Waals surface area contributed by atoms with E-state index < -0.39 is 16.1 Å². The Kier molecular flexibility index (Phi) is 11.4. The summed E-state index contributed by atoms with van der Waals surface area (Å²) in [6.45, 7) is 2.82. The van der Waals surface area contributed by atoms with Crippen molar-refractivity contribution >= 4 is 39.1 Å². The van der Waals surface area contributed by atoms with Gasteiger partial charge < -0.3 is 10.2 Å². The number of amides is 2. The molecule has 0 heterocycles. The van der Waals surface area contributed by atoms with Crippen molar-refractivity contribution in [3.05, 3.63) is 101 Å². The summed E-state index contributed by atoms with van der Waals surface area (Å²) in [6, 6.07) is 24.9. The van der Waals surface area contributed by atoms with Crippen LogP contribution in [-0.4, -0.2) is 50.5 Å². The van der Waals surface area contributed by atoms with Gasteiger partial charge in [0.1, 0.15) is 6.04 Å². The van der Waals surface area contributed by atoms with Crippen molar-refractivity contribution < 1.29 is 18.0 Å². The van der Waals surface area contributed by atoms with Crippen LogP contribution in [0.2, 0.25) is 5.02 Å². The van der Waals surface area contributed by atoms with Crippen molar-refractivity contribution in [1.29, 1.82) is 0 Å². The van der Waals surface area contributed by atoms with E-state index in [9.17, 15) is 18.0 Å². The van der Waals surface area contributed by atoms with E-state index in [-0.39, 0.29) is 31.3 Å². The number of benzene rings is 3. The second kappa shape index (κ2) is 14.7. The molecule has 7 nitrogen and oxygen atoms in total. The first-order valence-electron chi connectivity index (χ1n) is 13.1. The number of nitrogens with one attached hydrogen (secondary N) is 1. The summed E-state index contributed by atoms with van der Waals surface area (Å²) in [5.41, 5.74) is 2.29. The molecule has 0 aliphatic carbocycles. The average molecular weight is 570 g/mol. The molecular formula is C30H36ClN3O4S. The minimum absolute atomic E-state index is 0.0752. The molecule has 0 unspecified atom stereocenters. The standard InChI is InChI=1S/C30H36ClN3O4S/c1-3-19-32-30(36)28(22-24-12-6-4-7-13-24)33(23-25-14-10-15-26(31)21-25)29(35)18-11-20-34(39(2,37)38)27-16-8-5-9-17-27/h4-10,12-17,21,28H,3,11,18-20,22-23H2,1-2H3,(H,32,36)/t28-/m0/s1. The van der Waals surface area contributed by atoms with Gasteiger partial charge in [0.15, 0.2) is 0 Å². The number of carbonyl (C=O) groups excluding carboxylic acids is 2. The minimum atomic E-state index is -3.54. The van der Waals surface area contributed by atoms with Crippen LogP contribution >= 0.6 is 11.6 Å². The molecule has 0 radical (unpaired) electrons. The van der Waals surface area contributed by atoms with Crippen LogP contribution < -0.4 is 9.62 Å².